The Bertz CT molecular complexity index is 1390. The molecule has 0 fully saturated rings. The minimum Gasteiger partial charge on any atom is -0.480 e. The van der Waals surface area contributed by atoms with Gasteiger partial charge < -0.3 is 31.6 Å². The number of alkyl halides is 3. The number of amides is 1. The predicted molar refractivity (Wildman–Crippen MR) is 148 cm³/mol. The highest BCUT2D eigenvalue weighted by atomic mass is 19.4. The molecular formula is C28H30F3N5O6. The quantitative estimate of drug-likeness (QED) is 0.128. The predicted octanol–water partition coefficient (Wildman–Crippen LogP) is 2.75. The van der Waals surface area contributed by atoms with Crippen LogP contribution in [-0.4, -0.2) is 57.3 Å². The van der Waals surface area contributed by atoms with Crippen LogP contribution in [0.5, 0.6) is 0 Å². The van der Waals surface area contributed by atoms with Gasteiger partial charge in [0.15, 0.2) is 5.96 Å². The summed E-state index contributed by atoms with van der Waals surface area (Å²) in [6.07, 6.45) is -2.23. The SMILES string of the molecule is NC(N)=NCCCC[C@H](NC(=O)c1cccn(C(c2ccccc2)c2ccccc2)c1=O)C(=O)O.O=C(O)C(F)(F)F. The number of aromatic nitrogens is 1. The third-order valence-corrected chi connectivity index (χ3v) is 5.77. The average Bonchev–Trinajstić information content (AvgIpc) is 2.94. The number of carboxylic acid groups (broad SMARTS) is 2. The number of aliphatic imine (C=N–C) groups is 1. The maximum Gasteiger partial charge on any atom is 0.490 e. The number of pyridine rings is 1. The second kappa shape index (κ2) is 15.6. The van der Waals surface area contributed by atoms with E-state index in [1.165, 1.54) is 10.6 Å². The second-order valence-corrected chi connectivity index (χ2v) is 8.83. The van der Waals surface area contributed by atoms with Crippen molar-refractivity contribution >= 4 is 23.8 Å². The van der Waals surface area contributed by atoms with Gasteiger partial charge in [-0.3, -0.25) is 14.6 Å². The lowest BCUT2D eigenvalue weighted by Crippen LogP contribution is -2.43. The number of unbranched alkanes of at least 4 members (excludes halogenated alkanes) is 1. The molecule has 42 heavy (non-hydrogen) atoms. The molecule has 3 rings (SSSR count). The van der Waals surface area contributed by atoms with E-state index in [1.807, 2.05) is 60.7 Å². The molecule has 0 bridgehead atoms. The van der Waals surface area contributed by atoms with Crippen LogP contribution in [0.4, 0.5) is 13.2 Å². The molecule has 1 aromatic heterocycles. The molecular weight excluding hydrogens is 559 g/mol. The molecule has 1 amide bonds. The average molecular weight is 590 g/mol. The van der Waals surface area contributed by atoms with Gasteiger partial charge in [0.2, 0.25) is 0 Å². The van der Waals surface area contributed by atoms with Gasteiger partial charge in [0.1, 0.15) is 11.6 Å². The number of halogens is 3. The van der Waals surface area contributed by atoms with Crippen molar-refractivity contribution in [2.24, 2.45) is 16.5 Å². The summed E-state index contributed by atoms with van der Waals surface area (Å²) in [5.74, 6) is -4.70. The molecule has 0 aliphatic heterocycles. The van der Waals surface area contributed by atoms with Crippen molar-refractivity contribution < 1.29 is 37.8 Å². The van der Waals surface area contributed by atoms with E-state index in [0.29, 0.717) is 19.4 Å². The highest BCUT2D eigenvalue weighted by Crippen LogP contribution is 2.25. The Morgan fingerprint density at radius 2 is 1.40 bits per heavy atom. The molecule has 0 saturated carbocycles. The first-order valence-corrected chi connectivity index (χ1v) is 12.5. The molecule has 0 saturated heterocycles. The Labute approximate surface area is 238 Å². The van der Waals surface area contributed by atoms with Gasteiger partial charge in [-0.25, -0.2) is 9.59 Å². The molecule has 14 heteroatoms. The minimum absolute atomic E-state index is 0.0299. The van der Waals surface area contributed by atoms with Crippen molar-refractivity contribution in [3.8, 4) is 0 Å². The van der Waals surface area contributed by atoms with Crippen molar-refractivity contribution in [3.63, 3.8) is 0 Å². The molecule has 3 aromatic rings. The number of hydrogen-bond donors (Lipinski definition) is 5. The van der Waals surface area contributed by atoms with Crippen molar-refractivity contribution in [2.75, 3.05) is 6.54 Å². The first-order chi connectivity index (χ1) is 19.8. The van der Waals surface area contributed by atoms with E-state index >= 15 is 0 Å². The third-order valence-electron chi connectivity index (χ3n) is 5.77. The molecule has 0 unspecified atom stereocenters. The lowest BCUT2D eigenvalue weighted by Gasteiger charge is -2.22. The standard InChI is InChI=1S/C26H29N5O4.C2HF3O2/c27-26(28)29-16-8-7-15-21(25(34)35)30-23(32)20-14-9-17-31(24(20)33)22(18-10-3-1-4-11-18)19-12-5-2-6-13-19;3-2(4,5)1(6)7/h1-6,9-14,17,21-22H,7-8,15-16H2,(H,30,32)(H,34,35)(H4,27,28,29);(H,6,7)/t21-;/m0./s1. The first kappa shape index (κ1) is 33.1. The van der Waals surface area contributed by atoms with Crippen molar-refractivity contribution in [1.82, 2.24) is 9.88 Å². The molecule has 0 aliphatic rings. The Kier molecular flexibility index (Phi) is 12.3. The summed E-state index contributed by atoms with van der Waals surface area (Å²) >= 11 is 0. The van der Waals surface area contributed by atoms with Crippen LogP contribution in [0.3, 0.4) is 0 Å². The molecule has 2 aromatic carbocycles. The van der Waals surface area contributed by atoms with Crippen LogP contribution in [0.25, 0.3) is 0 Å². The summed E-state index contributed by atoms with van der Waals surface area (Å²) in [6.45, 7) is 0.367. The highest BCUT2D eigenvalue weighted by Gasteiger charge is 2.38. The molecule has 7 N–H and O–H groups in total. The molecule has 11 nitrogen and oxygen atoms in total. The number of hydrogen-bond acceptors (Lipinski definition) is 5. The van der Waals surface area contributed by atoms with Gasteiger partial charge in [-0.1, -0.05) is 60.7 Å². The van der Waals surface area contributed by atoms with E-state index < -0.39 is 41.7 Å². The maximum atomic E-state index is 13.4. The van der Waals surface area contributed by atoms with Gasteiger partial charge in [-0.05, 0) is 42.5 Å². The monoisotopic (exact) mass is 589 g/mol. The number of guanidine groups is 1. The number of nitrogens with zero attached hydrogens (tertiary/aromatic N) is 2. The highest BCUT2D eigenvalue weighted by molar-refractivity contribution is 5.96. The summed E-state index contributed by atoms with van der Waals surface area (Å²) in [4.78, 5) is 50.8. The Balaban J connectivity index is 0.000000782. The van der Waals surface area contributed by atoms with E-state index in [0.717, 1.165) is 11.1 Å². The minimum atomic E-state index is -5.08. The summed E-state index contributed by atoms with van der Waals surface area (Å²) in [5, 5.41) is 19.2. The Morgan fingerprint density at radius 3 is 1.86 bits per heavy atom. The second-order valence-electron chi connectivity index (χ2n) is 8.83. The van der Waals surface area contributed by atoms with Gasteiger partial charge in [0, 0.05) is 12.7 Å². The fourth-order valence-electron chi connectivity index (χ4n) is 3.83. The zero-order valence-electron chi connectivity index (χ0n) is 22.2. The van der Waals surface area contributed by atoms with Gasteiger partial charge in [0.05, 0.1) is 6.04 Å². The van der Waals surface area contributed by atoms with Crippen LogP contribution in [0.15, 0.2) is 88.8 Å². The van der Waals surface area contributed by atoms with Crippen LogP contribution in [0.1, 0.15) is 46.8 Å². The molecule has 0 aliphatic carbocycles. The molecule has 1 atom stereocenters. The van der Waals surface area contributed by atoms with Gasteiger partial charge >= 0.3 is 18.1 Å². The zero-order valence-corrected chi connectivity index (χ0v) is 22.2. The van der Waals surface area contributed by atoms with Gasteiger partial charge in [0.25, 0.3) is 11.5 Å². The van der Waals surface area contributed by atoms with Gasteiger partial charge in [-0.2, -0.15) is 13.2 Å². The number of carbonyl (C=O) groups is 3. The van der Waals surface area contributed by atoms with Crippen LogP contribution in [0, 0.1) is 0 Å². The molecule has 1 heterocycles. The van der Waals surface area contributed by atoms with E-state index in [4.69, 9.17) is 21.4 Å². The van der Waals surface area contributed by atoms with E-state index in [1.54, 1.807) is 12.3 Å². The smallest absolute Gasteiger partial charge is 0.480 e. The van der Waals surface area contributed by atoms with Gasteiger partial charge in [-0.15, -0.1) is 0 Å². The topological polar surface area (TPSA) is 190 Å². The lowest BCUT2D eigenvalue weighted by atomic mass is 9.98. The number of carbonyl (C=O) groups excluding carboxylic acids is 1. The maximum absolute atomic E-state index is 13.4. The van der Waals surface area contributed by atoms with E-state index in [-0.39, 0.29) is 17.9 Å². The molecule has 224 valence electrons. The summed E-state index contributed by atoms with van der Waals surface area (Å²) < 4.78 is 33.2. The van der Waals surface area contributed by atoms with Crippen LogP contribution in [0.2, 0.25) is 0 Å². The lowest BCUT2D eigenvalue weighted by molar-refractivity contribution is -0.192. The third kappa shape index (κ3) is 10.1. The Morgan fingerprint density at radius 1 is 0.881 bits per heavy atom. The number of rotatable bonds is 11. The van der Waals surface area contributed by atoms with Crippen molar-refractivity contribution in [1.29, 1.82) is 0 Å². The van der Waals surface area contributed by atoms with E-state index in [9.17, 15) is 32.7 Å². The molecule has 0 radical (unpaired) electrons. The fraction of sp³-hybridized carbons (Fsp3) is 0.250. The number of benzene rings is 2. The summed E-state index contributed by atoms with van der Waals surface area (Å²) in [5.41, 5.74) is 11.7. The van der Waals surface area contributed by atoms with Crippen LogP contribution >= 0.6 is 0 Å². The molecule has 0 spiro atoms. The first-order valence-electron chi connectivity index (χ1n) is 12.5. The normalized spacial score (nSPS) is 11.5. The van der Waals surface area contributed by atoms with Crippen LogP contribution < -0.4 is 22.3 Å². The zero-order chi connectivity index (χ0) is 31.3. The summed E-state index contributed by atoms with van der Waals surface area (Å²) in [6, 6.07) is 20.4. The fourth-order valence-corrected chi connectivity index (χ4v) is 3.83. The number of aliphatic carboxylic acids is 2. The summed E-state index contributed by atoms with van der Waals surface area (Å²) in [7, 11) is 0. The number of nitrogens with one attached hydrogen (secondary N) is 1. The number of carboxylic acids is 2. The van der Waals surface area contributed by atoms with E-state index in [2.05, 4.69) is 10.3 Å². The van der Waals surface area contributed by atoms with Crippen LogP contribution in [-0.2, 0) is 9.59 Å². The van der Waals surface area contributed by atoms with Crippen molar-refractivity contribution in [3.05, 3.63) is 106 Å². The Hall–Kier alpha value is -5.14. The largest absolute Gasteiger partial charge is 0.490 e. The van der Waals surface area contributed by atoms with Crippen molar-refractivity contribution in [2.45, 2.75) is 37.5 Å². The number of nitrogens with two attached hydrogens (primary N) is 2.